The molecule has 7 heteroatoms. The number of carbonyl (C=O) groups is 1. The van der Waals surface area contributed by atoms with Crippen molar-refractivity contribution in [2.75, 3.05) is 5.73 Å². The van der Waals surface area contributed by atoms with Crippen molar-refractivity contribution in [3.8, 4) is 0 Å². The van der Waals surface area contributed by atoms with Gasteiger partial charge < -0.3 is 10.8 Å². The van der Waals surface area contributed by atoms with E-state index in [9.17, 15) is 4.79 Å². The Labute approximate surface area is 100 Å². The van der Waals surface area contributed by atoms with Crippen LogP contribution in [0.4, 0.5) is 5.69 Å². The molecule has 0 fully saturated rings. The number of rotatable bonds is 3. The summed E-state index contributed by atoms with van der Waals surface area (Å²) in [6, 6.07) is 0. The smallest absolute Gasteiger partial charge is 0.305 e. The topological polar surface area (TPSA) is 81.1 Å². The van der Waals surface area contributed by atoms with Crippen LogP contribution in [0.25, 0.3) is 0 Å². The largest absolute Gasteiger partial charge is 0.481 e. The third-order valence-electron chi connectivity index (χ3n) is 1.97. The fourth-order valence-corrected chi connectivity index (χ4v) is 1.13. The summed E-state index contributed by atoms with van der Waals surface area (Å²) < 4.78 is 1.62. The van der Waals surface area contributed by atoms with Gasteiger partial charge in [-0.05, 0) is 13.8 Å². The Bertz CT molecular complexity index is 339. The average molecular weight is 256 g/mol. The highest BCUT2D eigenvalue weighted by molar-refractivity contribution is 5.85. The zero-order chi connectivity index (χ0) is 10.0. The fraction of sp³-hybridized carbons (Fsp3) is 0.500. The zero-order valence-corrected chi connectivity index (χ0v) is 10.2. The molecule has 0 aliphatic heterocycles. The van der Waals surface area contributed by atoms with Crippen molar-refractivity contribution in [2.45, 2.75) is 26.8 Å². The molecule has 0 radical (unpaired) electrons. The van der Waals surface area contributed by atoms with Crippen LogP contribution in [0.15, 0.2) is 0 Å². The van der Waals surface area contributed by atoms with E-state index in [0.717, 1.165) is 11.4 Å². The van der Waals surface area contributed by atoms with Crippen LogP contribution in [-0.4, -0.2) is 20.9 Å². The Morgan fingerprint density at radius 2 is 2.00 bits per heavy atom. The minimum Gasteiger partial charge on any atom is -0.481 e. The lowest BCUT2D eigenvalue weighted by Crippen LogP contribution is -2.07. The van der Waals surface area contributed by atoms with Crippen LogP contribution in [-0.2, 0) is 11.3 Å². The maximum absolute atomic E-state index is 10.3. The first-order valence-corrected chi connectivity index (χ1v) is 4.03. The number of nitrogens with zero attached hydrogens (tertiary/aromatic N) is 2. The molecule has 0 spiro atoms. The van der Waals surface area contributed by atoms with E-state index >= 15 is 0 Å². The van der Waals surface area contributed by atoms with Crippen LogP contribution in [0, 0.1) is 13.8 Å². The van der Waals surface area contributed by atoms with Crippen molar-refractivity contribution in [2.24, 2.45) is 0 Å². The second kappa shape index (κ2) is 6.53. The lowest BCUT2D eigenvalue weighted by Gasteiger charge is -2.00. The highest BCUT2D eigenvalue weighted by Gasteiger charge is 2.08. The third-order valence-corrected chi connectivity index (χ3v) is 1.97. The molecule has 1 aromatic rings. The van der Waals surface area contributed by atoms with Crippen LogP contribution in [0.2, 0.25) is 0 Å². The number of aliphatic carboxylic acids is 1. The molecule has 0 saturated heterocycles. The van der Waals surface area contributed by atoms with E-state index in [2.05, 4.69) is 5.10 Å². The summed E-state index contributed by atoms with van der Waals surface area (Å²) in [5.74, 6) is -0.828. The molecule has 0 aliphatic carbocycles. The number of carboxylic acid groups (broad SMARTS) is 1. The molecule has 1 rings (SSSR count). The predicted octanol–water partition coefficient (Wildman–Crippen LogP) is 1.40. The summed E-state index contributed by atoms with van der Waals surface area (Å²) in [6.07, 6.45) is 0.0708. The SMILES string of the molecule is Cc1nn(CCC(=O)O)c(C)c1N.Cl.Cl. The molecular weight excluding hydrogens is 241 g/mol. The second-order valence-electron chi connectivity index (χ2n) is 2.95. The maximum Gasteiger partial charge on any atom is 0.305 e. The molecule has 0 unspecified atom stereocenters. The van der Waals surface area contributed by atoms with E-state index < -0.39 is 5.97 Å². The Morgan fingerprint density at radius 3 is 2.33 bits per heavy atom. The lowest BCUT2D eigenvalue weighted by atomic mass is 10.3. The number of aryl methyl sites for hydroxylation is 2. The van der Waals surface area contributed by atoms with Gasteiger partial charge in [-0.25, -0.2) is 0 Å². The molecule has 0 saturated carbocycles. The summed E-state index contributed by atoms with van der Waals surface area (Å²) in [5.41, 5.74) is 7.91. The van der Waals surface area contributed by atoms with Gasteiger partial charge in [0.1, 0.15) is 0 Å². The first kappa shape index (κ1) is 16.5. The minimum atomic E-state index is -0.828. The molecule has 88 valence electrons. The normalized spacial score (nSPS) is 8.93. The van der Waals surface area contributed by atoms with Crippen LogP contribution in [0.3, 0.4) is 0 Å². The van der Waals surface area contributed by atoms with Gasteiger partial charge in [0.15, 0.2) is 0 Å². The molecule has 1 aromatic heterocycles. The van der Waals surface area contributed by atoms with Gasteiger partial charge in [0.05, 0.1) is 30.0 Å². The lowest BCUT2D eigenvalue weighted by molar-refractivity contribution is -0.137. The Hall–Kier alpha value is -0.940. The van der Waals surface area contributed by atoms with E-state index in [0.29, 0.717) is 12.2 Å². The van der Waals surface area contributed by atoms with E-state index in [1.54, 1.807) is 11.6 Å². The number of aromatic nitrogens is 2. The summed E-state index contributed by atoms with van der Waals surface area (Å²) in [5, 5.41) is 12.6. The van der Waals surface area contributed by atoms with Crippen molar-refractivity contribution in [1.29, 1.82) is 0 Å². The van der Waals surface area contributed by atoms with Crippen molar-refractivity contribution in [3.05, 3.63) is 11.4 Å². The number of halogens is 2. The summed E-state index contributed by atoms with van der Waals surface area (Å²) in [7, 11) is 0. The second-order valence-corrected chi connectivity index (χ2v) is 2.95. The molecule has 0 bridgehead atoms. The zero-order valence-electron chi connectivity index (χ0n) is 8.56. The molecule has 0 amide bonds. The minimum absolute atomic E-state index is 0. The number of anilines is 1. The van der Waals surface area contributed by atoms with Crippen molar-refractivity contribution in [3.63, 3.8) is 0 Å². The van der Waals surface area contributed by atoms with Gasteiger partial charge in [-0.3, -0.25) is 9.48 Å². The molecular formula is C8H15Cl2N3O2. The predicted molar refractivity (Wildman–Crippen MR) is 62.9 cm³/mol. The monoisotopic (exact) mass is 255 g/mol. The average Bonchev–Trinajstić information content (AvgIpc) is 2.29. The number of nitrogen functional groups attached to an aromatic ring is 1. The van der Waals surface area contributed by atoms with Gasteiger partial charge in [0, 0.05) is 0 Å². The molecule has 15 heavy (non-hydrogen) atoms. The summed E-state index contributed by atoms with van der Waals surface area (Å²) >= 11 is 0. The third kappa shape index (κ3) is 3.97. The molecule has 0 aromatic carbocycles. The van der Waals surface area contributed by atoms with Crippen LogP contribution >= 0.6 is 24.8 Å². The van der Waals surface area contributed by atoms with Gasteiger partial charge >= 0.3 is 5.97 Å². The number of carboxylic acids is 1. The van der Waals surface area contributed by atoms with E-state index in [4.69, 9.17) is 10.8 Å². The first-order valence-electron chi connectivity index (χ1n) is 4.03. The van der Waals surface area contributed by atoms with Gasteiger partial charge in [0.25, 0.3) is 0 Å². The summed E-state index contributed by atoms with van der Waals surface area (Å²) in [6.45, 7) is 4.01. The van der Waals surface area contributed by atoms with Gasteiger partial charge in [0.2, 0.25) is 0 Å². The quantitative estimate of drug-likeness (QED) is 0.856. The maximum atomic E-state index is 10.3. The fourth-order valence-electron chi connectivity index (χ4n) is 1.13. The molecule has 0 aliphatic rings. The molecule has 1 heterocycles. The highest BCUT2D eigenvalue weighted by atomic mass is 35.5. The van der Waals surface area contributed by atoms with E-state index in [1.807, 2.05) is 6.92 Å². The van der Waals surface area contributed by atoms with Gasteiger partial charge in [-0.15, -0.1) is 24.8 Å². The van der Waals surface area contributed by atoms with Gasteiger partial charge in [-0.1, -0.05) is 0 Å². The van der Waals surface area contributed by atoms with Crippen molar-refractivity contribution in [1.82, 2.24) is 9.78 Å². The number of hydrogen-bond donors (Lipinski definition) is 2. The number of nitrogens with two attached hydrogens (primary N) is 1. The number of hydrogen-bond acceptors (Lipinski definition) is 3. The molecule has 0 atom stereocenters. The molecule has 3 N–H and O–H groups in total. The van der Waals surface area contributed by atoms with E-state index in [-0.39, 0.29) is 31.2 Å². The van der Waals surface area contributed by atoms with Crippen LogP contribution in [0.1, 0.15) is 17.8 Å². The Balaban J connectivity index is 0. The standard InChI is InChI=1S/C8H13N3O2.2ClH/c1-5-8(9)6(2)11(10-5)4-3-7(12)13;;/h3-4,9H2,1-2H3,(H,12,13);2*1H. The molecule has 5 nitrogen and oxygen atoms in total. The van der Waals surface area contributed by atoms with Crippen molar-refractivity contribution < 1.29 is 9.90 Å². The Kier molecular flexibility index (Phi) is 7.17. The van der Waals surface area contributed by atoms with E-state index in [1.165, 1.54) is 0 Å². The van der Waals surface area contributed by atoms with Crippen molar-refractivity contribution >= 4 is 36.5 Å². The van der Waals surface area contributed by atoms with Crippen LogP contribution < -0.4 is 5.73 Å². The van der Waals surface area contributed by atoms with Gasteiger partial charge in [-0.2, -0.15) is 5.10 Å². The highest BCUT2D eigenvalue weighted by Crippen LogP contribution is 2.14. The Morgan fingerprint density at radius 1 is 1.47 bits per heavy atom. The summed E-state index contributed by atoms with van der Waals surface area (Å²) in [4.78, 5) is 10.3. The first-order chi connectivity index (χ1) is 6.02. The van der Waals surface area contributed by atoms with Crippen LogP contribution in [0.5, 0.6) is 0 Å².